The van der Waals surface area contributed by atoms with E-state index in [2.05, 4.69) is 0 Å². The zero-order valence-corrected chi connectivity index (χ0v) is 5.79. The molecule has 0 aromatic heterocycles. The third kappa shape index (κ3) is 17.9. The van der Waals surface area contributed by atoms with E-state index in [4.69, 9.17) is 20.7 Å². The van der Waals surface area contributed by atoms with E-state index in [1.54, 1.807) is 0 Å². The molecule has 0 atom stereocenters. The largest absolute Gasteiger partial charge is 0.483 e. The topological polar surface area (TPSA) is 84.9 Å². The Hall–Kier alpha value is -1.89. The predicted octanol–water partition coefficient (Wildman–Crippen LogP) is 1.42. The first-order chi connectivity index (χ1) is 5.41. The molecule has 58 valence electrons. The lowest BCUT2D eigenvalue weighted by atomic mass is 10.4. The standard InChI is InChI=1S/C6H6.CH2O2.N2/c1-2-4-6-5-3-1;2-1-3;1-2/h1-6H;1H,(H,2,3);. The Balaban J connectivity index is 0. The fourth-order valence-corrected chi connectivity index (χ4v) is 0.385. The highest BCUT2D eigenvalue weighted by molar-refractivity contribution is 5.32. The second-order valence-corrected chi connectivity index (χ2v) is 1.26. The highest BCUT2D eigenvalue weighted by Crippen LogP contribution is 1.79. The Bertz CT molecular complexity index is 148. The summed E-state index contributed by atoms with van der Waals surface area (Å²) in [6.07, 6.45) is 0. The maximum Gasteiger partial charge on any atom is 0.290 e. The molecule has 11 heavy (non-hydrogen) atoms. The normalized spacial score (nSPS) is 5.64. The summed E-state index contributed by atoms with van der Waals surface area (Å²) in [5.74, 6) is 0. The molecule has 4 nitrogen and oxygen atoms in total. The maximum absolute atomic E-state index is 8.36. The monoisotopic (exact) mass is 152 g/mol. The molecule has 0 unspecified atom stereocenters. The van der Waals surface area contributed by atoms with Crippen molar-refractivity contribution in [3.63, 3.8) is 0 Å². The van der Waals surface area contributed by atoms with Crippen LogP contribution in [0.4, 0.5) is 0 Å². The second kappa shape index (κ2) is 15.7. The minimum absolute atomic E-state index is 0.250. The highest BCUT2D eigenvalue weighted by atomic mass is 16.3. The van der Waals surface area contributed by atoms with Gasteiger partial charge in [-0.2, -0.15) is 0 Å². The predicted molar refractivity (Wildman–Crippen MR) is 38.6 cm³/mol. The van der Waals surface area contributed by atoms with Gasteiger partial charge in [0.2, 0.25) is 0 Å². The van der Waals surface area contributed by atoms with Crippen LogP contribution in [0.25, 0.3) is 0 Å². The summed E-state index contributed by atoms with van der Waals surface area (Å²) in [6, 6.07) is 12.0. The van der Waals surface area contributed by atoms with Gasteiger partial charge in [-0.25, -0.2) is 0 Å². The van der Waals surface area contributed by atoms with Gasteiger partial charge in [0.25, 0.3) is 6.47 Å². The first-order valence-corrected chi connectivity index (χ1v) is 2.69. The van der Waals surface area contributed by atoms with Crippen LogP contribution in [0.3, 0.4) is 0 Å². The van der Waals surface area contributed by atoms with Gasteiger partial charge in [-0.15, -0.1) is 0 Å². The van der Waals surface area contributed by atoms with Crippen LogP contribution >= 0.6 is 0 Å². The molecule has 0 amide bonds. The lowest BCUT2D eigenvalue weighted by Crippen LogP contribution is -1.49. The summed E-state index contributed by atoms with van der Waals surface area (Å²) in [7, 11) is 0. The molecule has 1 rings (SSSR count). The fourth-order valence-electron chi connectivity index (χ4n) is 0.385. The van der Waals surface area contributed by atoms with E-state index < -0.39 is 0 Å². The van der Waals surface area contributed by atoms with Gasteiger partial charge in [-0.3, -0.25) is 4.79 Å². The molecule has 0 saturated heterocycles. The van der Waals surface area contributed by atoms with E-state index in [9.17, 15) is 0 Å². The highest BCUT2D eigenvalue weighted by Gasteiger charge is 1.57. The smallest absolute Gasteiger partial charge is 0.290 e. The number of hydrogen-bond acceptors (Lipinski definition) is 3. The zero-order chi connectivity index (χ0) is 8.95. The van der Waals surface area contributed by atoms with Crippen LogP contribution in [0.1, 0.15) is 0 Å². The van der Waals surface area contributed by atoms with Crippen LogP contribution in [-0.4, -0.2) is 11.6 Å². The molecule has 0 radical (unpaired) electrons. The zero-order valence-electron chi connectivity index (χ0n) is 5.79. The van der Waals surface area contributed by atoms with Gasteiger partial charge >= 0.3 is 0 Å². The Kier molecular flexibility index (Phi) is 16.9. The van der Waals surface area contributed by atoms with Gasteiger partial charge in [0.05, 0.1) is 0 Å². The number of benzene rings is 1. The SMILES string of the molecule is N#N.O=CO.c1ccccc1. The van der Waals surface area contributed by atoms with Crippen molar-refractivity contribution in [1.29, 1.82) is 10.8 Å². The number of rotatable bonds is 0. The molecular formula is C7H8N2O2. The van der Waals surface area contributed by atoms with Gasteiger partial charge in [0, 0.05) is 10.8 Å². The Labute approximate surface area is 64.5 Å². The third-order valence-electron chi connectivity index (χ3n) is 0.667. The summed E-state index contributed by atoms with van der Waals surface area (Å²) in [5, 5.41) is 18.9. The van der Waals surface area contributed by atoms with Crippen LogP contribution in [0, 0.1) is 10.8 Å². The van der Waals surface area contributed by atoms with Crippen molar-refractivity contribution in [2.24, 2.45) is 0 Å². The summed E-state index contributed by atoms with van der Waals surface area (Å²) in [4.78, 5) is 8.36. The first-order valence-electron chi connectivity index (χ1n) is 2.69. The van der Waals surface area contributed by atoms with Gasteiger partial charge in [-0.05, 0) is 0 Å². The minimum atomic E-state index is -0.250. The van der Waals surface area contributed by atoms with Crippen molar-refractivity contribution in [2.75, 3.05) is 0 Å². The quantitative estimate of drug-likeness (QED) is 0.450. The molecule has 0 aliphatic heterocycles. The van der Waals surface area contributed by atoms with Crippen molar-refractivity contribution >= 4 is 6.47 Å². The van der Waals surface area contributed by atoms with Crippen LogP contribution < -0.4 is 0 Å². The average Bonchev–Trinajstić information content (AvgIpc) is 2.12. The fraction of sp³-hybridized carbons (Fsp3) is 0. The van der Waals surface area contributed by atoms with Crippen molar-refractivity contribution in [3.05, 3.63) is 36.4 Å². The van der Waals surface area contributed by atoms with Gasteiger partial charge in [0.1, 0.15) is 0 Å². The number of carboxylic acid groups (broad SMARTS) is 1. The Morgan fingerprint density at radius 3 is 1.09 bits per heavy atom. The Morgan fingerprint density at radius 1 is 0.909 bits per heavy atom. The van der Waals surface area contributed by atoms with Crippen molar-refractivity contribution in [1.82, 2.24) is 0 Å². The summed E-state index contributed by atoms with van der Waals surface area (Å²) >= 11 is 0. The molecule has 1 N–H and O–H groups in total. The van der Waals surface area contributed by atoms with Gasteiger partial charge in [0.15, 0.2) is 0 Å². The second-order valence-electron chi connectivity index (χ2n) is 1.26. The van der Waals surface area contributed by atoms with Crippen LogP contribution in [-0.2, 0) is 4.79 Å². The number of hydrogen-bond donors (Lipinski definition) is 1. The molecule has 0 aliphatic carbocycles. The molecule has 0 bridgehead atoms. The van der Waals surface area contributed by atoms with Crippen molar-refractivity contribution in [3.8, 4) is 0 Å². The van der Waals surface area contributed by atoms with E-state index in [0.29, 0.717) is 0 Å². The summed E-state index contributed by atoms with van der Waals surface area (Å²) in [5.41, 5.74) is 0. The molecular weight excluding hydrogens is 144 g/mol. The number of carbonyl (C=O) groups is 1. The summed E-state index contributed by atoms with van der Waals surface area (Å²) in [6.45, 7) is -0.250. The molecule has 0 aliphatic rings. The molecule has 4 heteroatoms. The summed E-state index contributed by atoms with van der Waals surface area (Å²) < 4.78 is 0. The Morgan fingerprint density at radius 2 is 1.00 bits per heavy atom. The van der Waals surface area contributed by atoms with Gasteiger partial charge < -0.3 is 5.11 Å². The van der Waals surface area contributed by atoms with Crippen LogP contribution in [0.5, 0.6) is 0 Å². The van der Waals surface area contributed by atoms with Crippen LogP contribution in [0.15, 0.2) is 36.4 Å². The minimum Gasteiger partial charge on any atom is -0.483 e. The first kappa shape index (κ1) is 11.9. The van der Waals surface area contributed by atoms with Crippen molar-refractivity contribution in [2.45, 2.75) is 0 Å². The number of nitrogens with zero attached hydrogens (tertiary/aromatic N) is 2. The maximum atomic E-state index is 8.36. The molecule has 0 saturated carbocycles. The van der Waals surface area contributed by atoms with E-state index in [-0.39, 0.29) is 6.47 Å². The molecule has 1 aromatic rings. The average molecular weight is 152 g/mol. The van der Waals surface area contributed by atoms with Gasteiger partial charge in [-0.1, -0.05) is 36.4 Å². The van der Waals surface area contributed by atoms with E-state index in [0.717, 1.165) is 0 Å². The molecule has 1 aromatic carbocycles. The van der Waals surface area contributed by atoms with Crippen LogP contribution in [0.2, 0.25) is 0 Å². The molecule has 0 heterocycles. The lowest BCUT2D eigenvalue weighted by molar-refractivity contribution is -0.122. The van der Waals surface area contributed by atoms with E-state index in [1.165, 1.54) is 0 Å². The van der Waals surface area contributed by atoms with Crippen molar-refractivity contribution < 1.29 is 9.90 Å². The molecule has 0 spiro atoms. The van der Waals surface area contributed by atoms with E-state index in [1.807, 2.05) is 36.4 Å². The lowest BCUT2D eigenvalue weighted by Gasteiger charge is -1.69. The van der Waals surface area contributed by atoms with E-state index >= 15 is 0 Å². The molecule has 0 fully saturated rings. The third-order valence-corrected chi connectivity index (χ3v) is 0.667.